The van der Waals surface area contributed by atoms with Gasteiger partial charge in [0.05, 0.1) is 36.0 Å². The molecule has 0 aliphatic carbocycles. The molecule has 1 amide bonds. The molecule has 0 bridgehead atoms. The number of ether oxygens (including phenoxy) is 1. The normalized spacial score (nSPS) is 15.4. The topological polar surface area (TPSA) is 122 Å². The fourth-order valence-corrected chi connectivity index (χ4v) is 5.17. The number of carbonyl (C=O) groups excluding carboxylic acids is 1. The van der Waals surface area contributed by atoms with Crippen molar-refractivity contribution in [2.24, 2.45) is 7.05 Å². The molecule has 5 rings (SSSR count). The summed E-state index contributed by atoms with van der Waals surface area (Å²) in [7, 11) is 0.349. The van der Waals surface area contributed by atoms with Gasteiger partial charge in [0.15, 0.2) is 9.84 Å². The third kappa shape index (κ3) is 4.34. The summed E-state index contributed by atoms with van der Waals surface area (Å²) in [6, 6.07) is 9.04. The number of hydrogen-bond acceptors (Lipinski definition) is 7. The highest BCUT2D eigenvalue weighted by atomic mass is 32.2. The number of carbonyl (C=O) groups is 1. The maximum absolute atomic E-state index is 12.8. The van der Waals surface area contributed by atoms with E-state index in [9.17, 15) is 13.2 Å². The average Bonchev–Trinajstić information content (AvgIpc) is 3.44. The van der Waals surface area contributed by atoms with Crippen molar-refractivity contribution in [3.63, 3.8) is 0 Å². The average molecular weight is 481 g/mol. The standard InChI is InChI=1S/C23H24N6O4S/c1-28-14-17(13-25-28)19-9-16-12-24-22(11-20(16)26-19)27-18-4-3-15(10-21(18)33-2)23(30)29-5-7-34(31,32)8-6-29/h3-4,9-14,26H,5-8H2,1-2H3,(H,24,27). The summed E-state index contributed by atoms with van der Waals surface area (Å²) in [5, 5.41) is 8.43. The first-order valence-corrected chi connectivity index (χ1v) is 12.6. The Bertz CT molecular complexity index is 1480. The Labute approximate surface area is 196 Å². The van der Waals surface area contributed by atoms with E-state index in [0.29, 0.717) is 22.8 Å². The molecule has 0 unspecified atom stereocenters. The number of rotatable bonds is 5. The third-order valence-electron chi connectivity index (χ3n) is 5.86. The van der Waals surface area contributed by atoms with Gasteiger partial charge in [-0.3, -0.25) is 9.48 Å². The molecule has 1 aliphatic heterocycles. The molecule has 0 atom stereocenters. The molecule has 176 valence electrons. The van der Waals surface area contributed by atoms with Gasteiger partial charge in [-0.2, -0.15) is 5.10 Å². The Hall–Kier alpha value is -3.86. The van der Waals surface area contributed by atoms with E-state index in [1.165, 1.54) is 7.11 Å². The van der Waals surface area contributed by atoms with Crippen molar-refractivity contribution in [2.45, 2.75) is 0 Å². The summed E-state index contributed by atoms with van der Waals surface area (Å²) >= 11 is 0. The van der Waals surface area contributed by atoms with Crippen LogP contribution in [0.3, 0.4) is 0 Å². The number of sulfone groups is 1. The van der Waals surface area contributed by atoms with Crippen molar-refractivity contribution in [2.75, 3.05) is 37.0 Å². The van der Waals surface area contributed by atoms with Gasteiger partial charge in [-0.25, -0.2) is 13.4 Å². The van der Waals surface area contributed by atoms with Crippen molar-refractivity contribution in [1.82, 2.24) is 24.6 Å². The first kappa shape index (κ1) is 22.0. The number of aromatic nitrogens is 4. The van der Waals surface area contributed by atoms with E-state index in [4.69, 9.17) is 4.74 Å². The lowest BCUT2D eigenvalue weighted by molar-refractivity contribution is 0.0770. The van der Waals surface area contributed by atoms with E-state index in [1.54, 1.807) is 40.2 Å². The highest BCUT2D eigenvalue weighted by molar-refractivity contribution is 7.91. The van der Waals surface area contributed by atoms with E-state index in [0.717, 1.165) is 22.2 Å². The SMILES string of the molecule is COc1cc(C(=O)N2CCS(=O)(=O)CC2)ccc1Nc1cc2[nH]c(-c3cnn(C)c3)cc2cn1. The number of anilines is 2. The summed E-state index contributed by atoms with van der Waals surface area (Å²) in [4.78, 5) is 22.3. The molecule has 1 aromatic carbocycles. The Morgan fingerprint density at radius 2 is 1.94 bits per heavy atom. The van der Waals surface area contributed by atoms with Crippen molar-refractivity contribution in [3.8, 4) is 17.0 Å². The molecule has 0 saturated carbocycles. The minimum atomic E-state index is -3.06. The smallest absolute Gasteiger partial charge is 0.254 e. The predicted octanol–water partition coefficient (Wildman–Crippen LogP) is 2.59. The van der Waals surface area contributed by atoms with Crippen LogP contribution in [0.15, 0.2) is 48.9 Å². The summed E-state index contributed by atoms with van der Waals surface area (Å²) in [5.74, 6) is 0.870. The van der Waals surface area contributed by atoms with Crippen molar-refractivity contribution < 1.29 is 17.9 Å². The molecule has 34 heavy (non-hydrogen) atoms. The number of nitrogens with one attached hydrogen (secondary N) is 2. The Morgan fingerprint density at radius 1 is 1.15 bits per heavy atom. The number of hydrogen-bond donors (Lipinski definition) is 2. The highest BCUT2D eigenvalue weighted by Gasteiger charge is 2.26. The van der Waals surface area contributed by atoms with Crippen LogP contribution in [0.4, 0.5) is 11.5 Å². The second kappa shape index (κ2) is 8.49. The fraction of sp³-hybridized carbons (Fsp3) is 0.261. The van der Waals surface area contributed by atoms with Gasteiger partial charge in [-0.1, -0.05) is 0 Å². The maximum atomic E-state index is 12.8. The first-order valence-electron chi connectivity index (χ1n) is 10.7. The molecule has 1 aliphatic rings. The molecule has 1 fully saturated rings. The van der Waals surface area contributed by atoms with Crippen LogP contribution in [0.25, 0.3) is 22.2 Å². The molecule has 4 heterocycles. The van der Waals surface area contributed by atoms with Gasteiger partial charge in [0.2, 0.25) is 0 Å². The number of benzene rings is 1. The lowest BCUT2D eigenvalue weighted by Gasteiger charge is -2.27. The predicted molar refractivity (Wildman–Crippen MR) is 129 cm³/mol. The van der Waals surface area contributed by atoms with Crippen LogP contribution in [-0.2, 0) is 16.9 Å². The molecule has 0 radical (unpaired) electrons. The van der Waals surface area contributed by atoms with Gasteiger partial charge in [0.1, 0.15) is 11.6 Å². The van der Waals surface area contributed by atoms with E-state index < -0.39 is 9.84 Å². The second-order valence-electron chi connectivity index (χ2n) is 8.23. The van der Waals surface area contributed by atoms with E-state index >= 15 is 0 Å². The van der Waals surface area contributed by atoms with Crippen LogP contribution in [-0.4, -0.2) is 70.7 Å². The summed E-state index contributed by atoms with van der Waals surface area (Å²) < 4.78 is 30.6. The Morgan fingerprint density at radius 3 is 2.65 bits per heavy atom. The lowest BCUT2D eigenvalue weighted by Crippen LogP contribution is -2.43. The Kier molecular flexibility index (Phi) is 5.48. The van der Waals surface area contributed by atoms with Crippen molar-refractivity contribution in [3.05, 3.63) is 54.5 Å². The molecule has 1 saturated heterocycles. The summed E-state index contributed by atoms with van der Waals surface area (Å²) in [5.41, 5.74) is 3.96. The fourth-order valence-electron chi connectivity index (χ4n) is 3.97. The van der Waals surface area contributed by atoms with Crippen LogP contribution in [0, 0.1) is 0 Å². The number of aromatic amines is 1. The summed E-state index contributed by atoms with van der Waals surface area (Å²) in [6.45, 7) is 0.398. The minimum Gasteiger partial charge on any atom is -0.495 e. The lowest BCUT2D eigenvalue weighted by atomic mass is 10.1. The van der Waals surface area contributed by atoms with Crippen LogP contribution >= 0.6 is 0 Å². The van der Waals surface area contributed by atoms with E-state index in [2.05, 4.69) is 20.4 Å². The summed E-state index contributed by atoms with van der Waals surface area (Å²) in [6.07, 6.45) is 5.52. The first-order chi connectivity index (χ1) is 16.3. The monoisotopic (exact) mass is 480 g/mol. The molecule has 10 nitrogen and oxygen atoms in total. The highest BCUT2D eigenvalue weighted by Crippen LogP contribution is 2.30. The third-order valence-corrected chi connectivity index (χ3v) is 7.47. The molecule has 0 spiro atoms. The largest absolute Gasteiger partial charge is 0.495 e. The minimum absolute atomic E-state index is 0.00902. The van der Waals surface area contributed by atoms with E-state index in [-0.39, 0.29) is 30.5 Å². The van der Waals surface area contributed by atoms with Gasteiger partial charge < -0.3 is 19.9 Å². The van der Waals surface area contributed by atoms with Gasteiger partial charge in [-0.15, -0.1) is 0 Å². The van der Waals surface area contributed by atoms with E-state index in [1.807, 2.05) is 25.4 Å². The van der Waals surface area contributed by atoms with Crippen LogP contribution in [0.1, 0.15) is 10.4 Å². The second-order valence-corrected chi connectivity index (χ2v) is 10.5. The molecular formula is C23H24N6O4S. The quantitative estimate of drug-likeness (QED) is 0.450. The number of methoxy groups -OCH3 is 1. The number of fused-ring (bicyclic) bond motifs is 1. The van der Waals surface area contributed by atoms with Gasteiger partial charge in [0, 0.05) is 60.8 Å². The van der Waals surface area contributed by atoms with Crippen molar-refractivity contribution in [1.29, 1.82) is 0 Å². The molecule has 2 N–H and O–H groups in total. The van der Waals surface area contributed by atoms with Crippen LogP contribution in [0.5, 0.6) is 5.75 Å². The Balaban J connectivity index is 1.36. The number of nitrogens with zero attached hydrogens (tertiary/aromatic N) is 4. The zero-order valence-electron chi connectivity index (χ0n) is 18.8. The van der Waals surface area contributed by atoms with Gasteiger partial charge in [0.25, 0.3) is 5.91 Å². The number of aryl methyl sites for hydroxylation is 1. The van der Waals surface area contributed by atoms with Gasteiger partial charge in [-0.05, 0) is 24.3 Å². The molecular weight excluding hydrogens is 456 g/mol. The van der Waals surface area contributed by atoms with Crippen LogP contribution < -0.4 is 10.1 Å². The van der Waals surface area contributed by atoms with Crippen LogP contribution in [0.2, 0.25) is 0 Å². The van der Waals surface area contributed by atoms with Gasteiger partial charge >= 0.3 is 0 Å². The zero-order valence-corrected chi connectivity index (χ0v) is 19.6. The molecule has 3 aromatic heterocycles. The number of amides is 1. The zero-order chi connectivity index (χ0) is 23.9. The van der Waals surface area contributed by atoms with Crippen molar-refractivity contribution >= 4 is 38.2 Å². The number of H-pyrrole nitrogens is 1. The number of pyridine rings is 1. The molecule has 11 heteroatoms. The molecule has 4 aromatic rings. The maximum Gasteiger partial charge on any atom is 0.254 e.